The van der Waals surface area contributed by atoms with Gasteiger partial charge in [0.1, 0.15) is 12.4 Å². The molecule has 25 heavy (non-hydrogen) atoms. The van der Waals surface area contributed by atoms with Crippen LogP contribution in [0.1, 0.15) is 36.8 Å². The standard InChI is InChI=1S/C22H27NO2/c1-23-19-10-11-20(23)15-22(24,14-19)13-18-8-5-9-21(12-18)25-16-17-6-3-2-4-7-17/h2-9,12,19-20,24H,10-11,13-16H2,1H3. The largest absolute Gasteiger partial charge is 0.489 e. The summed E-state index contributed by atoms with van der Waals surface area (Å²) < 4.78 is 5.94. The van der Waals surface area contributed by atoms with Gasteiger partial charge in [0.25, 0.3) is 0 Å². The summed E-state index contributed by atoms with van der Waals surface area (Å²) in [5.41, 5.74) is 1.76. The van der Waals surface area contributed by atoms with Gasteiger partial charge in [-0.25, -0.2) is 0 Å². The molecular weight excluding hydrogens is 310 g/mol. The fourth-order valence-electron chi connectivity index (χ4n) is 4.55. The Balaban J connectivity index is 1.41. The van der Waals surface area contributed by atoms with Gasteiger partial charge in [-0.3, -0.25) is 0 Å². The highest BCUT2D eigenvalue weighted by Gasteiger charge is 2.45. The number of benzene rings is 2. The van der Waals surface area contributed by atoms with Crippen LogP contribution in [0.4, 0.5) is 0 Å². The molecule has 3 heteroatoms. The number of aliphatic hydroxyl groups is 1. The molecule has 0 spiro atoms. The molecule has 2 bridgehead atoms. The Labute approximate surface area is 150 Å². The summed E-state index contributed by atoms with van der Waals surface area (Å²) >= 11 is 0. The van der Waals surface area contributed by atoms with Gasteiger partial charge in [0.2, 0.25) is 0 Å². The third-order valence-corrected chi connectivity index (χ3v) is 5.90. The molecular formula is C22H27NO2. The second kappa shape index (κ2) is 6.81. The van der Waals surface area contributed by atoms with Crippen molar-refractivity contribution in [2.24, 2.45) is 0 Å². The van der Waals surface area contributed by atoms with Gasteiger partial charge in [0, 0.05) is 18.5 Å². The molecule has 2 heterocycles. The molecule has 4 rings (SSSR count). The van der Waals surface area contributed by atoms with Crippen LogP contribution in [0.3, 0.4) is 0 Å². The Morgan fingerprint density at radius 2 is 1.68 bits per heavy atom. The van der Waals surface area contributed by atoms with E-state index in [9.17, 15) is 5.11 Å². The van der Waals surface area contributed by atoms with Gasteiger partial charge in [-0.05, 0) is 56.0 Å². The predicted molar refractivity (Wildman–Crippen MR) is 99.7 cm³/mol. The van der Waals surface area contributed by atoms with E-state index in [1.54, 1.807) is 0 Å². The van der Waals surface area contributed by atoms with Gasteiger partial charge in [-0.1, -0.05) is 42.5 Å². The van der Waals surface area contributed by atoms with Crippen molar-refractivity contribution in [1.82, 2.24) is 4.90 Å². The van der Waals surface area contributed by atoms with Crippen molar-refractivity contribution >= 4 is 0 Å². The zero-order valence-electron chi connectivity index (χ0n) is 14.9. The minimum absolute atomic E-state index is 0.543. The molecule has 0 aliphatic carbocycles. The Kier molecular flexibility index (Phi) is 4.53. The van der Waals surface area contributed by atoms with E-state index in [1.807, 2.05) is 30.3 Å². The molecule has 2 unspecified atom stereocenters. The topological polar surface area (TPSA) is 32.7 Å². The second-order valence-corrected chi connectivity index (χ2v) is 7.78. The summed E-state index contributed by atoms with van der Waals surface area (Å²) in [4.78, 5) is 2.47. The monoisotopic (exact) mass is 337 g/mol. The van der Waals surface area contributed by atoms with Crippen LogP contribution in [0, 0.1) is 0 Å². The molecule has 2 atom stereocenters. The van der Waals surface area contributed by atoms with Crippen LogP contribution in [0.15, 0.2) is 54.6 Å². The summed E-state index contributed by atoms with van der Waals surface area (Å²) in [6.45, 7) is 0.573. The zero-order chi connectivity index (χ0) is 17.3. The van der Waals surface area contributed by atoms with Crippen LogP contribution in [0.25, 0.3) is 0 Å². The van der Waals surface area contributed by atoms with E-state index < -0.39 is 5.60 Å². The predicted octanol–water partition coefficient (Wildman–Crippen LogP) is 3.80. The number of hydrogen-bond donors (Lipinski definition) is 1. The number of nitrogens with zero attached hydrogens (tertiary/aromatic N) is 1. The van der Waals surface area contributed by atoms with Crippen molar-refractivity contribution in [1.29, 1.82) is 0 Å². The summed E-state index contributed by atoms with van der Waals surface area (Å²) in [6.07, 6.45) is 4.94. The molecule has 2 aliphatic heterocycles. The molecule has 2 aliphatic rings. The molecule has 1 N–H and O–H groups in total. The average Bonchev–Trinajstić information content (AvgIpc) is 2.83. The molecule has 2 aromatic carbocycles. The van der Waals surface area contributed by atoms with Crippen molar-refractivity contribution in [3.8, 4) is 5.75 Å². The molecule has 3 nitrogen and oxygen atoms in total. The SMILES string of the molecule is CN1C2CCC1CC(O)(Cc1cccc(OCc3ccccc3)c1)C2. The van der Waals surface area contributed by atoms with E-state index in [0.717, 1.165) is 30.6 Å². The van der Waals surface area contributed by atoms with E-state index in [2.05, 4.69) is 36.2 Å². The lowest BCUT2D eigenvalue weighted by Crippen LogP contribution is -2.50. The van der Waals surface area contributed by atoms with Crippen LogP contribution < -0.4 is 4.74 Å². The van der Waals surface area contributed by atoms with Crippen molar-refractivity contribution in [2.75, 3.05) is 7.05 Å². The number of ether oxygens (including phenoxy) is 1. The van der Waals surface area contributed by atoms with Crippen LogP contribution in [0.2, 0.25) is 0 Å². The van der Waals surface area contributed by atoms with E-state index >= 15 is 0 Å². The number of hydrogen-bond acceptors (Lipinski definition) is 3. The number of fused-ring (bicyclic) bond motifs is 2. The van der Waals surface area contributed by atoms with Crippen molar-refractivity contribution in [2.45, 2.75) is 56.4 Å². The van der Waals surface area contributed by atoms with E-state index in [-0.39, 0.29) is 0 Å². The highest BCUT2D eigenvalue weighted by atomic mass is 16.5. The van der Waals surface area contributed by atoms with Gasteiger partial charge in [-0.15, -0.1) is 0 Å². The number of rotatable bonds is 5. The summed E-state index contributed by atoms with van der Waals surface area (Å²) in [5.74, 6) is 0.876. The molecule has 0 aromatic heterocycles. The highest BCUT2D eigenvalue weighted by molar-refractivity contribution is 5.30. The van der Waals surface area contributed by atoms with E-state index in [0.29, 0.717) is 18.7 Å². The van der Waals surface area contributed by atoms with Gasteiger partial charge >= 0.3 is 0 Å². The third kappa shape index (κ3) is 3.73. The summed E-state index contributed by atoms with van der Waals surface area (Å²) in [7, 11) is 2.21. The zero-order valence-corrected chi connectivity index (χ0v) is 14.9. The maximum Gasteiger partial charge on any atom is 0.120 e. The Hall–Kier alpha value is -1.84. The first-order chi connectivity index (χ1) is 12.1. The lowest BCUT2D eigenvalue weighted by Gasteiger charge is -2.42. The lowest BCUT2D eigenvalue weighted by atomic mass is 9.81. The first-order valence-corrected chi connectivity index (χ1v) is 9.31. The van der Waals surface area contributed by atoms with E-state index in [4.69, 9.17) is 4.74 Å². The fourth-order valence-corrected chi connectivity index (χ4v) is 4.55. The fraction of sp³-hybridized carbons (Fsp3) is 0.455. The van der Waals surface area contributed by atoms with Crippen molar-refractivity contribution in [3.63, 3.8) is 0 Å². The minimum atomic E-state index is -0.573. The summed E-state index contributed by atoms with van der Waals surface area (Å²) in [5, 5.41) is 11.2. The van der Waals surface area contributed by atoms with Crippen LogP contribution >= 0.6 is 0 Å². The van der Waals surface area contributed by atoms with Gasteiger partial charge < -0.3 is 14.7 Å². The molecule has 0 amide bonds. The second-order valence-electron chi connectivity index (χ2n) is 7.78. The highest BCUT2D eigenvalue weighted by Crippen LogP contribution is 2.41. The first-order valence-electron chi connectivity index (χ1n) is 9.31. The average molecular weight is 337 g/mol. The first kappa shape index (κ1) is 16.6. The molecule has 2 saturated heterocycles. The quantitative estimate of drug-likeness (QED) is 0.901. The van der Waals surface area contributed by atoms with Crippen molar-refractivity contribution in [3.05, 3.63) is 65.7 Å². The lowest BCUT2D eigenvalue weighted by molar-refractivity contribution is -0.0437. The Morgan fingerprint density at radius 3 is 2.40 bits per heavy atom. The molecule has 0 saturated carbocycles. The normalized spacial score (nSPS) is 28.9. The third-order valence-electron chi connectivity index (χ3n) is 5.90. The van der Waals surface area contributed by atoms with Gasteiger partial charge in [0.05, 0.1) is 5.60 Å². The molecule has 0 radical (unpaired) electrons. The van der Waals surface area contributed by atoms with Crippen LogP contribution in [-0.2, 0) is 13.0 Å². The molecule has 2 fully saturated rings. The maximum absolute atomic E-state index is 11.2. The Bertz CT molecular complexity index is 701. The van der Waals surface area contributed by atoms with Gasteiger partial charge in [-0.2, -0.15) is 0 Å². The summed E-state index contributed by atoms with van der Waals surface area (Å²) in [6, 6.07) is 19.5. The van der Waals surface area contributed by atoms with Crippen LogP contribution in [-0.4, -0.2) is 34.7 Å². The smallest absolute Gasteiger partial charge is 0.120 e. The van der Waals surface area contributed by atoms with Crippen LogP contribution in [0.5, 0.6) is 5.75 Å². The minimum Gasteiger partial charge on any atom is -0.489 e. The molecule has 132 valence electrons. The molecule has 2 aromatic rings. The number of piperidine rings is 1. The van der Waals surface area contributed by atoms with Gasteiger partial charge in [0.15, 0.2) is 0 Å². The maximum atomic E-state index is 11.2. The van der Waals surface area contributed by atoms with E-state index in [1.165, 1.54) is 18.4 Å². The Morgan fingerprint density at radius 1 is 1.00 bits per heavy atom. The van der Waals surface area contributed by atoms with Crippen molar-refractivity contribution < 1.29 is 9.84 Å².